The van der Waals surface area contributed by atoms with E-state index in [1.54, 1.807) is 25.2 Å². The second kappa shape index (κ2) is 6.65. The molecule has 0 radical (unpaired) electrons. The Balaban J connectivity index is 1.92. The molecule has 2 aromatic heterocycles. The summed E-state index contributed by atoms with van der Waals surface area (Å²) in [4.78, 5) is 21.4. The SMILES string of the molecule is CN(C)C(=O)CCCc1c(-c2ccccn2)[nH]c2ccccc12. The monoisotopic (exact) mass is 307 g/mol. The number of hydrogen-bond acceptors (Lipinski definition) is 2. The smallest absolute Gasteiger partial charge is 0.222 e. The highest BCUT2D eigenvalue weighted by atomic mass is 16.2. The van der Waals surface area contributed by atoms with Gasteiger partial charge in [-0.05, 0) is 36.6 Å². The van der Waals surface area contributed by atoms with Crippen LogP contribution in [0.5, 0.6) is 0 Å². The normalized spacial score (nSPS) is 10.9. The maximum absolute atomic E-state index is 11.8. The van der Waals surface area contributed by atoms with E-state index in [0.29, 0.717) is 6.42 Å². The first-order valence-corrected chi connectivity index (χ1v) is 7.88. The van der Waals surface area contributed by atoms with E-state index in [-0.39, 0.29) is 5.91 Å². The molecule has 0 aliphatic heterocycles. The second-order valence-corrected chi connectivity index (χ2v) is 5.88. The standard InChI is InChI=1S/C19H21N3O/c1-22(2)18(23)12-7-9-15-14-8-3-4-10-16(14)21-19(15)17-11-5-6-13-20-17/h3-6,8,10-11,13,21H,7,9,12H2,1-2H3. The second-order valence-electron chi connectivity index (χ2n) is 5.88. The molecule has 1 aromatic carbocycles. The van der Waals surface area contributed by atoms with Crippen molar-refractivity contribution in [2.75, 3.05) is 14.1 Å². The van der Waals surface area contributed by atoms with Crippen LogP contribution < -0.4 is 0 Å². The predicted octanol–water partition coefficient (Wildman–Crippen LogP) is 3.64. The molecule has 0 fully saturated rings. The van der Waals surface area contributed by atoms with Gasteiger partial charge in [0, 0.05) is 37.6 Å². The zero-order valence-electron chi connectivity index (χ0n) is 13.5. The quantitative estimate of drug-likeness (QED) is 0.782. The lowest BCUT2D eigenvalue weighted by Crippen LogP contribution is -2.21. The molecule has 0 aliphatic carbocycles. The molecule has 0 spiro atoms. The molecule has 0 saturated heterocycles. The van der Waals surface area contributed by atoms with Crippen molar-refractivity contribution < 1.29 is 4.79 Å². The fourth-order valence-corrected chi connectivity index (χ4v) is 2.83. The van der Waals surface area contributed by atoms with Crippen LogP contribution in [0, 0.1) is 0 Å². The van der Waals surface area contributed by atoms with Crippen LogP contribution in [0.2, 0.25) is 0 Å². The van der Waals surface area contributed by atoms with E-state index in [4.69, 9.17) is 0 Å². The van der Waals surface area contributed by atoms with Crippen LogP contribution in [-0.4, -0.2) is 34.9 Å². The van der Waals surface area contributed by atoms with E-state index >= 15 is 0 Å². The molecule has 4 heteroatoms. The number of aromatic nitrogens is 2. The summed E-state index contributed by atoms with van der Waals surface area (Å²) < 4.78 is 0. The van der Waals surface area contributed by atoms with Gasteiger partial charge in [0.15, 0.2) is 0 Å². The molecular weight excluding hydrogens is 286 g/mol. The minimum Gasteiger partial charge on any atom is -0.353 e. The van der Waals surface area contributed by atoms with Gasteiger partial charge in [-0.15, -0.1) is 0 Å². The number of rotatable bonds is 5. The minimum absolute atomic E-state index is 0.171. The summed E-state index contributed by atoms with van der Waals surface area (Å²) in [6.45, 7) is 0. The number of nitrogens with one attached hydrogen (secondary N) is 1. The summed E-state index contributed by atoms with van der Waals surface area (Å²) in [6.07, 6.45) is 4.06. The molecule has 1 N–H and O–H groups in total. The fourth-order valence-electron chi connectivity index (χ4n) is 2.83. The molecule has 118 valence electrons. The number of aryl methyl sites for hydroxylation is 1. The van der Waals surface area contributed by atoms with Crippen LogP contribution in [0.1, 0.15) is 18.4 Å². The molecule has 4 nitrogen and oxygen atoms in total. The number of H-pyrrole nitrogens is 1. The Kier molecular flexibility index (Phi) is 4.42. The zero-order valence-corrected chi connectivity index (χ0v) is 13.5. The largest absolute Gasteiger partial charge is 0.353 e. The molecule has 0 aliphatic rings. The van der Waals surface area contributed by atoms with Crippen LogP contribution in [0.4, 0.5) is 0 Å². The topological polar surface area (TPSA) is 49.0 Å². The van der Waals surface area contributed by atoms with Crippen molar-refractivity contribution in [1.29, 1.82) is 0 Å². The van der Waals surface area contributed by atoms with Gasteiger partial charge in [-0.1, -0.05) is 24.3 Å². The molecule has 23 heavy (non-hydrogen) atoms. The van der Waals surface area contributed by atoms with E-state index < -0.39 is 0 Å². The average molecular weight is 307 g/mol. The average Bonchev–Trinajstić information content (AvgIpc) is 2.94. The number of benzene rings is 1. The van der Waals surface area contributed by atoms with E-state index in [0.717, 1.165) is 29.7 Å². The molecule has 0 bridgehead atoms. The molecule has 3 aromatic rings. The van der Waals surface area contributed by atoms with Crippen LogP contribution in [0.3, 0.4) is 0 Å². The summed E-state index contributed by atoms with van der Waals surface area (Å²) in [7, 11) is 3.60. The molecule has 0 atom stereocenters. The summed E-state index contributed by atoms with van der Waals surface area (Å²) in [5, 5.41) is 1.21. The zero-order chi connectivity index (χ0) is 16.2. The molecule has 1 amide bonds. The van der Waals surface area contributed by atoms with Gasteiger partial charge in [-0.3, -0.25) is 9.78 Å². The summed E-state index contributed by atoms with van der Waals surface area (Å²) in [6, 6.07) is 14.2. The van der Waals surface area contributed by atoms with Gasteiger partial charge in [0.2, 0.25) is 5.91 Å². The maximum atomic E-state index is 11.8. The lowest BCUT2D eigenvalue weighted by atomic mass is 10.0. The first kappa shape index (κ1) is 15.3. The Morgan fingerprint density at radius 1 is 1.13 bits per heavy atom. The number of carbonyl (C=O) groups is 1. The molecule has 0 unspecified atom stereocenters. The van der Waals surface area contributed by atoms with Gasteiger partial charge in [0.1, 0.15) is 0 Å². The highest BCUT2D eigenvalue weighted by Crippen LogP contribution is 2.30. The van der Waals surface area contributed by atoms with Crippen molar-refractivity contribution >= 4 is 16.8 Å². The lowest BCUT2D eigenvalue weighted by Gasteiger charge is -2.10. The van der Waals surface area contributed by atoms with Crippen molar-refractivity contribution in [2.45, 2.75) is 19.3 Å². The van der Waals surface area contributed by atoms with Crippen molar-refractivity contribution in [3.63, 3.8) is 0 Å². The molecular formula is C19H21N3O. The van der Waals surface area contributed by atoms with Gasteiger partial charge in [0.05, 0.1) is 11.4 Å². The third-order valence-electron chi connectivity index (χ3n) is 4.05. The van der Waals surface area contributed by atoms with Crippen molar-refractivity contribution in [3.05, 3.63) is 54.2 Å². The van der Waals surface area contributed by atoms with E-state index in [1.807, 2.05) is 30.3 Å². The number of carbonyl (C=O) groups excluding carboxylic acids is 1. The summed E-state index contributed by atoms with van der Waals surface area (Å²) in [5.74, 6) is 0.171. The van der Waals surface area contributed by atoms with Crippen LogP contribution >= 0.6 is 0 Å². The lowest BCUT2D eigenvalue weighted by molar-refractivity contribution is -0.128. The number of hydrogen-bond donors (Lipinski definition) is 1. The highest BCUT2D eigenvalue weighted by Gasteiger charge is 2.14. The predicted molar refractivity (Wildman–Crippen MR) is 93.2 cm³/mol. The Morgan fingerprint density at radius 3 is 2.65 bits per heavy atom. The Hall–Kier alpha value is -2.62. The van der Waals surface area contributed by atoms with E-state index in [2.05, 4.69) is 22.1 Å². The van der Waals surface area contributed by atoms with Gasteiger partial charge < -0.3 is 9.88 Å². The summed E-state index contributed by atoms with van der Waals surface area (Å²) in [5.41, 5.74) is 4.36. The maximum Gasteiger partial charge on any atom is 0.222 e. The summed E-state index contributed by atoms with van der Waals surface area (Å²) >= 11 is 0. The number of aromatic amines is 1. The van der Waals surface area contributed by atoms with Crippen molar-refractivity contribution in [1.82, 2.24) is 14.9 Å². The number of fused-ring (bicyclic) bond motifs is 1. The Bertz CT molecular complexity index is 806. The van der Waals surface area contributed by atoms with Crippen molar-refractivity contribution in [2.24, 2.45) is 0 Å². The van der Waals surface area contributed by atoms with Crippen LogP contribution in [0.15, 0.2) is 48.7 Å². The van der Waals surface area contributed by atoms with Crippen LogP contribution in [-0.2, 0) is 11.2 Å². The first-order valence-electron chi connectivity index (χ1n) is 7.88. The molecule has 0 saturated carbocycles. The number of pyridine rings is 1. The number of para-hydroxylation sites is 1. The third-order valence-corrected chi connectivity index (χ3v) is 4.05. The van der Waals surface area contributed by atoms with E-state index in [9.17, 15) is 4.79 Å². The van der Waals surface area contributed by atoms with Gasteiger partial charge >= 0.3 is 0 Å². The number of nitrogens with zero attached hydrogens (tertiary/aromatic N) is 2. The van der Waals surface area contributed by atoms with Crippen molar-refractivity contribution in [3.8, 4) is 11.4 Å². The van der Waals surface area contributed by atoms with Gasteiger partial charge in [-0.25, -0.2) is 0 Å². The van der Waals surface area contributed by atoms with Gasteiger partial charge in [0.25, 0.3) is 0 Å². The Labute approximate surface area is 136 Å². The molecule has 3 rings (SSSR count). The van der Waals surface area contributed by atoms with Gasteiger partial charge in [-0.2, -0.15) is 0 Å². The third kappa shape index (κ3) is 3.26. The van der Waals surface area contributed by atoms with E-state index in [1.165, 1.54) is 10.9 Å². The fraction of sp³-hybridized carbons (Fsp3) is 0.263. The Morgan fingerprint density at radius 2 is 1.91 bits per heavy atom. The minimum atomic E-state index is 0.171. The van der Waals surface area contributed by atoms with Crippen LogP contribution in [0.25, 0.3) is 22.3 Å². The number of amides is 1. The molecule has 2 heterocycles. The highest BCUT2D eigenvalue weighted by molar-refractivity contribution is 5.90. The first-order chi connectivity index (χ1) is 11.2.